The van der Waals surface area contributed by atoms with Crippen LogP contribution in [0.5, 0.6) is 0 Å². The minimum Gasteiger partial charge on any atom is -0.151 e. The number of benzene rings is 1. The van der Waals surface area contributed by atoms with Crippen LogP contribution in [0.3, 0.4) is 0 Å². The van der Waals surface area contributed by atoms with Crippen molar-refractivity contribution in [3.05, 3.63) is 40.3 Å². The van der Waals surface area contributed by atoms with Crippen LogP contribution in [0.1, 0.15) is 16.7 Å². The molecular weight excluding hydrogens is 152 g/mol. The highest BCUT2D eigenvalue weighted by molar-refractivity contribution is 7.83. The Morgan fingerprint density at radius 3 is 2.09 bits per heavy atom. The van der Waals surface area contributed by atoms with Crippen LogP contribution in [0, 0.1) is 13.8 Å². The lowest BCUT2D eigenvalue weighted by atomic mass is 10.1. The summed E-state index contributed by atoms with van der Waals surface area (Å²) in [5, 5.41) is 1.76. The van der Waals surface area contributed by atoms with Gasteiger partial charge in [-0.1, -0.05) is 29.3 Å². The molecule has 1 heteroatoms. The average molecular weight is 164 g/mol. The van der Waals surface area contributed by atoms with Gasteiger partial charge in [-0.2, -0.15) is 12.6 Å². The first kappa shape index (κ1) is 8.41. The molecule has 0 saturated heterocycles. The Morgan fingerprint density at radius 2 is 1.64 bits per heavy atom. The molecule has 1 rings (SSSR count). The third-order valence-corrected chi connectivity index (χ3v) is 1.66. The Bertz CT molecular complexity index is 254. The zero-order valence-electron chi connectivity index (χ0n) is 6.83. The van der Waals surface area contributed by atoms with E-state index >= 15 is 0 Å². The summed E-state index contributed by atoms with van der Waals surface area (Å²) in [6.07, 6.45) is 1.99. The van der Waals surface area contributed by atoms with Gasteiger partial charge in [-0.25, -0.2) is 0 Å². The minimum absolute atomic E-state index is 1.22. The number of hydrogen-bond donors (Lipinski definition) is 1. The molecule has 1 aromatic carbocycles. The fraction of sp³-hybridized carbons (Fsp3) is 0.200. The zero-order chi connectivity index (χ0) is 8.27. The molecule has 1 aromatic rings. The quantitative estimate of drug-likeness (QED) is 0.605. The summed E-state index contributed by atoms with van der Waals surface area (Å²) in [6, 6.07) is 6.44. The molecule has 0 aliphatic heterocycles. The summed E-state index contributed by atoms with van der Waals surface area (Å²) in [5.41, 5.74) is 3.82. The van der Waals surface area contributed by atoms with E-state index in [0.29, 0.717) is 0 Å². The van der Waals surface area contributed by atoms with Crippen molar-refractivity contribution in [1.82, 2.24) is 0 Å². The van der Waals surface area contributed by atoms with Crippen LogP contribution in [0.4, 0.5) is 0 Å². The molecule has 0 heterocycles. The number of rotatable bonds is 1. The maximum absolute atomic E-state index is 4.02. The van der Waals surface area contributed by atoms with Crippen molar-refractivity contribution in [2.75, 3.05) is 0 Å². The fourth-order valence-electron chi connectivity index (χ4n) is 1.19. The van der Waals surface area contributed by atoms with E-state index in [0.717, 1.165) is 0 Å². The Labute approximate surface area is 73.4 Å². The summed E-state index contributed by atoms with van der Waals surface area (Å²) in [7, 11) is 0. The van der Waals surface area contributed by atoms with Gasteiger partial charge in [0, 0.05) is 0 Å². The molecule has 0 radical (unpaired) electrons. The van der Waals surface area contributed by atoms with E-state index in [9.17, 15) is 0 Å². The van der Waals surface area contributed by atoms with E-state index in [1.165, 1.54) is 16.7 Å². The second kappa shape index (κ2) is 3.63. The molecule has 0 bridgehead atoms. The van der Waals surface area contributed by atoms with Gasteiger partial charge in [0.15, 0.2) is 0 Å². The van der Waals surface area contributed by atoms with Crippen molar-refractivity contribution in [3.63, 3.8) is 0 Å². The second-order valence-electron chi connectivity index (χ2n) is 2.74. The molecule has 0 saturated carbocycles. The van der Waals surface area contributed by atoms with E-state index in [-0.39, 0.29) is 0 Å². The van der Waals surface area contributed by atoms with Crippen molar-refractivity contribution in [1.29, 1.82) is 0 Å². The summed E-state index contributed by atoms with van der Waals surface area (Å²) in [6.45, 7) is 4.20. The van der Waals surface area contributed by atoms with Crippen LogP contribution in [0.2, 0.25) is 0 Å². The van der Waals surface area contributed by atoms with Gasteiger partial charge < -0.3 is 0 Å². The fourth-order valence-corrected chi connectivity index (χ4v) is 1.36. The van der Waals surface area contributed by atoms with Crippen LogP contribution >= 0.6 is 12.6 Å². The number of aryl methyl sites for hydroxylation is 2. The molecule has 0 amide bonds. The van der Waals surface area contributed by atoms with Gasteiger partial charge in [0.05, 0.1) is 0 Å². The predicted octanol–water partition coefficient (Wildman–Crippen LogP) is 3.20. The molecule has 0 nitrogen and oxygen atoms in total. The molecule has 0 spiro atoms. The summed E-state index contributed by atoms with van der Waals surface area (Å²) >= 11 is 4.02. The molecule has 0 N–H and O–H groups in total. The van der Waals surface area contributed by atoms with E-state index in [2.05, 4.69) is 44.7 Å². The second-order valence-corrected chi connectivity index (χ2v) is 3.03. The molecule has 11 heavy (non-hydrogen) atoms. The molecule has 58 valence electrons. The lowest BCUT2D eigenvalue weighted by Crippen LogP contribution is -1.78. The number of hydrogen-bond acceptors (Lipinski definition) is 1. The molecule has 0 atom stereocenters. The molecule has 0 fully saturated rings. The zero-order valence-corrected chi connectivity index (χ0v) is 7.73. The molecule has 0 aliphatic rings. The predicted molar refractivity (Wildman–Crippen MR) is 53.9 cm³/mol. The first-order valence-corrected chi connectivity index (χ1v) is 4.13. The van der Waals surface area contributed by atoms with Crippen LogP contribution in [-0.2, 0) is 0 Å². The topological polar surface area (TPSA) is 0 Å². The van der Waals surface area contributed by atoms with Gasteiger partial charge in [-0.15, -0.1) is 0 Å². The van der Waals surface area contributed by atoms with Crippen LogP contribution in [0.25, 0.3) is 6.08 Å². The van der Waals surface area contributed by atoms with Crippen molar-refractivity contribution in [3.8, 4) is 0 Å². The monoisotopic (exact) mass is 164 g/mol. The first-order chi connectivity index (χ1) is 5.22. The molecular formula is C10H12S. The van der Waals surface area contributed by atoms with Crippen LogP contribution in [0.15, 0.2) is 23.6 Å². The normalized spacial score (nSPS) is 10.8. The summed E-state index contributed by atoms with van der Waals surface area (Å²) in [5.74, 6) is 0. The van der Waals surface area contributed by atoms with Crippen molar-refractivity contribution in [2.45, 2.75) is 13.8 Å². The van der Waals surface area contributed by atoms with E-state index in [1.54, 1.807) is 5.41 Å². The minimum atomic E-state index is 1.22. The smallest absolute Gasteiger partial charge is 0.0246 e. The standard InChI is InChI=1S/C10H12S/c1-8-5-9(2)7-10(6-8)3-4-11/h3-7,11H,1-2H3. The lowest BCUT2D eigenvalue weighted by molar-refractivity contribution is 1.37. The Kier molecular flexibility index (Phi) is 2.77. The van der Waals surface area contributed by atoms with Gasteiger partial charge >= 0.3 is 0 Å². The SMILES string of the molecule is Cc1cc(C)cc(C=CS)c1. The highest BCUT2D eigenvalue weighted by Gasteiger charge is 1.90. The summed E-state index contributed by atoms with van der Waals surface area (Å²) < 4.78 is 0. The number of thiol groups is 1. The van der Waals surface area contributed by atoms with Gasteiger partial charge in [0.25, 0.3) is 0 Å². The van der Waals surface area contributed by atoms with Gasteiger partial charge in [-0.05, 0) is 30.9 Å². The highest BCUT2D eigenvalue weighted by atomic mass is 32.1. The lowest BCUT2D eigenvalue weighted by Gasteiger charge is -1.98. The van der Waals surface area contributed by atoms with Crippen molar-refractivity contribution < 1.29 is 0 Å². The third-order valence-electron chi connectivity index (χ3n) is 1.51. The molecule has 0 unspecified atom stereocenters. The summed E-state index contributed by atoms with van der Waals surface area (Å²) in [4.78, 5) is 0. The van der Waals surface area contributed by atoms with E-state index in [4.69, 9.17) is 0 Å². The van der Waals surface area contributed by atoms with Gasteiger partial charge in [0.2, 0.25) is 0 Å². The van der Waals surface area contributed by atoms with Gasteiger partial charge in [0.1, 0.15) is 0 Å². The maximum atomic E-state index is 4.02. The highest BCUT2D eigenvalue weighted by Crippen LogP contribution is 2.10. The van der Waals surface area contributed by atoms with Crippen LogP contribution < -0.4 is 0 Å². The van der Waals surface area contributed by atoms with Gasteiger partial charge in [-0.3, -0.25) is 0 Å². The Hall–Kier alpha value is -0.690. The van der Waals surface area contributed by atoms with Crippen LogP contribution in [-0.4, -0.2) is 0 Å². The average Bonchev–Trinajstić information content (AvgIpc) is 1.85. The van der Waals surface area contributed by atoms with Crippen molar-refractivity contribution >= 4 is 18.7 Å². The Balaban J connectivity index is 3.08. The van der Waals surface area contributed by atoms with Crippen molar-refractivity contribution in [2.24, 2.45) is 0 Å². The Morgan fingerprint density at radius 1 is 1.09 bits per heavy atom. The largest absolute Gasteiger partial charge is 0.151 e. The van der Waals surface area contributed by atoms with E-state index in [1.807, 2.05) is 6.08 Å². The molecule has 0 aromatic heterocycles. The first-order valence-electron chi connectivity index (χ1n) is 3.61. The maximum Gasteiger partial charge on any atom is -0.0246 e. The molecule has 0 aliphatic carbocycles. The third kappa shape index (κ3) is 2.43. The van der Waals surface area contributed by atoms with E-state index < -0.39 is 0 Å².